The number of carbonyl (C=O) groups is 1. The van der Waals surface area contributed by atoms with Crippen LogP contribution < -0.4 is 5.32 Å². The lowest BCUT2D eigenvalue weighted by atomic mass is 9.95. The van der Waals surface area contributed by atoms with Crippen molar-refractivity contribution in [2.45, 2.75) is 50.8 Å². The lowest BCUT2D eigenvalue weighted by molar-refractivity contribution is -0.119. The summed E-state index contributed by atoms with van der Waals surface area (Å²) in [5.41, 5.74) is 2.64. The second-order valence-electron chi connectivity index (χ2n) is 5.32. The Morgan fingerprint density at radius 1 is 1.26 bits per heavy atom. The van der Waals surface area contributed by atoms with Crippen molar-refractivity contribution < 1.29 is 4.79 Å². The number of rotatable bonds is 5. The van der Waals surface area contributed by atoms with Crippen LogP contribution in [0, 0.1) is 6.92 Å². The van der Waals surface area contributed by atoms with Crippen molar-refractivity contribution in [2.24, 2.45) is 0 Å². The molecule has 1 aliphatic carbocycles. The van der Waals surface area contributed by atoms with Gasteiger partial charge in [0.15, 0.2) is 0 Å². The molecule has 1 aromatic rings. The van der Waals surface area contributed by atoms with Crippen molar-refractivity contribution in [2.75, 3.05) is 5.75 Å². The summed E-state index contributed by atoms with van der Waals surface area (Å²) in [5.74, 6) is 1.70. The predicted octanol–water partition coefficient (Wildman–Crippen LogP) is 3.68. The maximum atomic E-state index is 11.9. The molecule has 19 heavy (non-hydrogen) atoms. The monoisotopic (exact) mass is 277 g/mol. The van der Waals surface area contributed by atoms with E-state index in [1.165, 1.54) is 30.4 Å². The maximum absolute atomic E-state index is 11.9. The minimum atomic E-state index is 0.200. The van der Waals surface area contributed by atoms with Crippen LogP contribution in [0.3, 0.4) is 0 Å². The number of hydrogen-bond acceptors (Lipinski definition) is 2. The van der Waals surface area contributed by atoms with Crippen molar-refractivity contribution in [3.8, 4) is 0 Å². The molecule has 3 heteroatoms. The van der Waals surface area contributed by atoms with E-state index in [9.17, 15) is 4.79 Å². The number of carbonyl (C=O) groups excluding carboxylic acids is 1. The zero-order valence-corrected chi connectivity index (χ0v) is 12.5. The van der Waals surface area contributed by atoms with Gasteiger partial charge in [0.1, 0.15) is 0 Å². The van der Waals surface area contributed by atoms with Crippen LogP contribution in [0.2, 0.25) is 0 Å². The first-order chi connectivity index (χ1) is 9.25. The fraction of sp³-hybridized carbons (Fsp3) is 0.562. The van der Waals surface area contributed by atoms with E-state index in [4.69, 9.17) is 0 Å². The number of thioether (sulfide) groups is 1. The Labute approximate surface area is 120 Å². The third kappa shape index (κ3) is 4.90. The maximum Gasteiger partial charge on any atom is 0.230 e. The lowest BCUT2D eigenvalue weighted by Crippen LogP contribution is -2.37. The molecule has 0 bridgehead atoms. The average molecular weight is 277 g/mol. The highest BCUT2D eigenvalue weighted by molar-refractivity contribution is 7.99. The Hall–Kier alpha value is -0.960. The minimum absolute atomic E-state index is 0.200. The van der Waals surface area contributed by atoms with Crippen LogP contribution in [-0.4, -0.2) is 17.7 Å². The molecule has 2 rings (SSSR count). The first-order valence-electron chi connectivity index (χ1n) is 7.17. The molecule has 1 aromatic carbocycles. The van der Waals surface area contributed by atoms with Crippen LogP contribution in [0.25, 0.3) is 0 Å². The smallest absolute Gasteiger partial charge is 0.230 e. The Balaban J connectivity index is 1.67. The van der Waals surface area contributed by atoms with E-state index in [1.807, 2.05) is 0 Å². The predicted molar refractivity (Wildman–Crippen MR) is 82.4 cm³/mol. The second kappa shape index (κ2) is 7.59. The van der Waals surface area contributed by atoms with E-state index in [2.05, 4.69) is 36.5 Å². The largest absolute Gasteiger partial charge is 0.353 e. The summed E-state index contributed by atoms with van der Waals surface area (Å²) in [6.45, 7) is 2.12. The number of hydrogen-bond donors (Lipinski definition) is 1. The number of amides is 1. The fourth-order valence-electron chi connectivity index (χ4n) is 2.54. The van der Waals surface area contributed by atoms with Gasteiger partial charge in [-0.05, 0) is 30.9 Å². The molecule has 104 valence electrons. The molecule has 1 fully saturated rings. The van der Waals surface area contributed by atoms with Crippen LogP contribution in [0.15, 0.2) is 24.3 Å². The fourth-order valence-corrected chi connectivity index (χ4v) is 3.46. The molecule has 0 heterocycles. The molecule has 0 radical (unpaired) electrons. The third-order valence-electron chi connectivity index (χ3n) is 3.72. The summed E-state index contributed by atoms with van der Waals surface area (Å²) < 4.78 is 0. The number of aryl methyl sites for hydroxylation is 1. The Morgan fingerprint density at radius 3 is 2.74 bits per heavy atom. The molecule has 2 nitrogen and oxygen atoms in total. The second-order valence-corrected chi connectivity index (χ2v) is 6.31. The summed E-state index contributed by atoms with van der Waals surface area (Å²) in [6, 6.07) is 8.81. The van der Waals surface area contributed by atoms with Gasteiger partial charge in [-0.1, -0.05) is 43.5 Å². The standard InChI is InChI=1S/C16H23NOS/c1-13-7-5-6-8-14(13)11-19-12-16(18)17-15-9-3-2-4-10-15/h5-8,15H,2-4,9-12H2,1H3,(H,17,18). The van der Waals surface area contributed by atoms with Gasteiger partial charge < -0.3 is 5.32 Å². The molecule has 0 aliphatic heterocycles. The minimum Gasteiger partial charge on any atom is -0.353 e. The molecular formula is C16H23NOS. The summed E-state index contributed by atoms with van der Waals surface area (Å²) >= 11 is 1.71. The van der Waals surface area contributed by atoms with E-state index >= 15 is 0 Å². The van der Waals surface area contributed by atoms with Crippen molar-refractivity contribution in [3.63, 3.8) is 0 Å². The summed E-state index contributed by atoms with van der Waals surface area (Å²) in [5, 5.41) is 3.16. The first-order valence-corrected chi connectivity index (χ1v) is 8.33. The Morgan fingerprint density at radius 2 is 2.00 bits per heavy atom. The zero-order chi connectivity index (χ0) is 13.5. The van der Waals surface area contributed by atoms with Gasteiger partial charge in [0.25, 0.3) is 0 Å². The third-order valence-corrected chi connectivity index (χ3v) is 4.70. The van der Waals surface area contributed by atoms with Gasteiger partial charge in [-0.2, -0.15) is 0 Å². The number of benzene rings is 1. The topological polar surface area (TPSA) is 29.1 Å². The van der Waals surface area contributed by atoms with Crippen molar-refractivity contribution in [3.05, 3.63) is 35.4 Å². The first kappa shape index (κ1) is 14.4. The van der Waals surface area contributed by atoms with Crippen LogP contribution in [0.1, 0.15) is 43.2 Å². The summed E-state index contributed by atoms with van der Waals surface area (Å²) in [7, 11) is 0. The number of nitrogens with one attached hydrogen (secondary N) is 1. The highest BCUT2D eigenvalue weighted by atomic mass is 32.2. The molecular weight excluding hydrogens is 254 g/mol. The Bertz CT molecular complexity index is 413. The molecule has 0 spiro atoms. The molecule has 1 saturated carbocycles. The van der Waals surface area contributed by atoms with Gasteiger partial charge in [0.05, 0.1) is 5.75 Å². The molecule has 1 aliphatic rings. The summed E-state index contributed by atoms with van der Waals surface area (Å²) in [4.78, 5) is 11.9. The summed E-state index contributed by atoms with van der Waals surface area (Å²) in [6.07, 6.45) is 6.18. The molecule has 0 aromatic heterocycles. The van der Waals surface area contributed by atoms with Gasteiger partial charge >= 0.3 is 0 Å². The van der Waals surface area contributed by atoms with E-state index in [0.717, 1.165) is 18.6 Å². The van der Waals surface area contributed by atoms with Crippen molar-refractivity contribution in [1.29, 1.82) is 0 Å². The van der Waals surface area contributed by atoms with E-state index in [0.29, 0.717) is 11.8 Å². The van der Waals surface area contributed by atoms with Crippen LogP contribution in [0.5, 0.6) is 0 Å². The van der Waals surface area contributed by atoms with E-state index in [1.54, 1.807) is 11.8 Å². The van der Waals surface area contributed by atoms with Crippen molar-refractivity contribution in [1.82, 2.24) is 5.32 Å². The van der Waals surface area contributed by atoms with E-state index in [-0.39, 0.29) is 5.91 Å². The molecule has 0 atom stereocenters. The van der Waals surface area contributed by atoms with Gasteiger partial charge in [-0.3, -0.25) is 4.79 Å². The Kier molecular flexibility index (Phi) is 5.77. The lowest BCUT2D eigenvalue weighted by Gasteiger charge is -2.22. The van der Waals surface area contributed by atoms with Gasteiger partial charge in [0, 0.05) is 11.8 Å². The van der Waals surface area contributed by atoms with Crippen molar-refractivity contribution >= 4 is 17.7 Å². The molecule has 1 N–H and O–H groups in total. The van der Waals surface area contributed by atoms with Crippen LogP contribution >= 0.6 is 11.8 Å². The SMILES string of the molecule is Cc1ccccc1CSCC(=O)NC1CCCCC1. The van der Waals surface area contributed by atoms with E-state index < -0.39 is 0 Å². The van der Waals surface area contributed by atoms with Crippen LogP contribution in [-0.2, 0) is 10.5 Å². The molecule has 0 saturated heterocycles. The van der Waals surface area contributed by atoms with Gasteiger partial charge in [-0.15, -0.1) is 11.8 Å². The highest BCUT2D eigenvalue weighted by Crippen LogP contribution is 2.18. The highest BCUT2D eigenvalue weighted by Gasteiger charge is 2.15. The van der Waals surface area contributed by atoms with Crippen LogP contribution in [0.4, 0.5) is 0 Å². The quantitative estimate of drug-likeness (QED) is 0.889. The average Bonchev–Trinajstić information content (AvgIpc) is 2.42. The normalized spacial score (nSPS) is 16.3. The zero-order valence-electron chi connectivity index (χ0n) is 11.7. The van der Waals surface area contributed by atoms with Gasteiger partial charge in [-0.25, -0.2) is 0 Å². The molecule has 1 amide bonds. The van der Waals surface area contributed by atoms with Gasteiger partial charge in [0.2, 0.25) is 5.91 Å². The molecule has 0 unspecified atom stereocenters.